The van der Waals surface area contributed by atoms with Crippen molar-refractivity contribution in [2.24, 2.45) is 0 Å². The highest BCUT2D eigenvalue weighted by Gasteiger charge is 2.33. The van der Waals surface area contributed by atoms with E-state index >= 15 is 0 Å². The van der Waals surface area contributed by atoms with Crippen LogP contribution in [-0.2, 0) is 0 Å². The van der Waals surface area contributed by atoms with Crippen molar-refractivity contribution in [3.8, 4) is 0 Å². The summed E-state index contributed by atoms with van der Waals surface area (Å²) in [7, 11) is 1.95. The molecule has 2 nitrogen and oxygen atoms in total. The molecule has 0 spiro atoms. The van der Waals surface area contributed by atoms with Crippen molar-refractivity contribution in [3.63, 3.8) is 0 Å². The molecule has 1 aliphatic rings. The van der Waals surface area contributed by atoms with Gasteiger partial charge in [-0.05, 0) is 19.2 Å². The average molecular weight is 325 g/mol. The summed E-state index contributed by atoms with van der Waals surface area (Å²) in [5, 5.41) is 5.92. The lowest BCUT2D eigenvalue weighted by Gasteiger charge is -2.35. The third kappa shape index (κ3) is 2.96. The molecule has 0 amide bonds. The van der Waals surface area contributed by atoms with Gasteiger partial charge >= 0.3 is 0 Å². The zero-order valence-corrected chi connectivity index (χ0v) is 14.1. The number of halogens is 1. The average Bonchev–Trinajstić information content (AvgIpc) is 2.89. The highest BCUT2D eigenvalue weighted by molar-refractivity contribution is 8.07. The van der Waals surface area contributed by atoms with Crippen molar-refractivity contribution in [3.05, 3.63) is 35.8 Å². The quantitative estimate of drug-likeness (QED) is 0.901. The Kier molecular flexibility index (Phi) is 4.52. The normalized spacial score (nSPS) is 27.9. The number of benzene rings is 1. The van der Waals surface area contributed by atoms with E-state index in [0.29, 0.717) is 21.3 Å². The van der Waals surface area contributed by atoms with E-state index in [4.69, 9.17) is 4.42 Å². The Balaban J connectivity index is 1.89. The van der Waals surface area contributed by atoms with Gasteiger partial charge in [0, 0.05) is 26.9 Å². The van der Waals surface area contributed by atoms with Crippen molar-refractivity contribution in [2.45, 2.75) is 35.6 Å². The van der Waals surface area contributed by atoms with Gasteiger partial charge in [0.15, 0.2) is 11.4 Å². The van der Waals surface area contributed by atoms with Crippen LogP contribution < -0.4 is 5.32 Å². The van der Waals surface area contributed by atoms with Crippen LogP contribution in [-0.4, -0.2) is 28.6 Å². The first kappa shape index (κ1) is 15.3. The van der Waals surface area contributed by atoms with Crippen LogP contribution in [0.3, 0.4) is 0 Å². The van der Waals surface area contributed by atoms with Gasteiger partial charge in [-0.1, -0.05) is 26.0 Å². The van der Waals surface area contributed by atoms with Gasteiger partial charge in [0.25, 0.3) is 0 Å². The second-order valence-corrected chi connectivity index (χ2v) is 8.52. The van der Waals surface area contributed by atoms with E-state index in [1.165, 1.54) is 6.07 Å². The molecule has 1 aromatic heterocycles. The maximum absolute atomic E-state index is 13.8. The van der Waals surface area contributed by atoms with Crippen LogP contribution in [0.1, 0.15) is 25.6 Å². The molecule has 5 heteroatoms. The number of hydrogen-bond acceptors (Lipinski definition) is 4. The van der Waals surface area contributed by atoms with Crippen molar-refractivity contribution < 1.29 is 8.81 Å². The summed E-state index contributed by atoms with van der Waals surface area (Å²) in [5.74, 6) is 1.63. The van der Waals surface area contributed by atoms with Crippen molar-refractivity contribution in [1.82, 2.24) is 5.32 Å². The zero-order valence-electron chi connectivity index (χ0n) is 12.4. The summed E-state index contributed by atoms with van der Waals surface area (Å²) in [6.07, 6.45) is 0. The number of rotatable bonds is 3. The summed E-state index contributed by atoms with van der Waals surface area (Å²) >= 11 is 4.01. The van der Waals surface area contributed by atoms with Crippen LogP contribution in [0.4, 0.5) is 4.39 Å². The monoisotopic (exact) mass is 325 g/mol. The molecule has 114 valence electrons. The second kappa shape index (κ2) is 6.23. The largest absolute Gasteiger partial charge is 0.456 e. The third-order valence-corrected chi connectivity index (χ3v) is 7.57. The Morgan fingerprint density at radius 2 is 2.14 bits per heavy atom. The van der Waals surface area contributed by atoms with Crippen molar-refractivity contribution in [2.75, 3.05) is 12.8 Å². The van der Waals surface area contributed by atoms with Crippen molar-refractivity contribution >= 4 is 34.5 Å². The highest BCUT2D eigenvalue weighted by atomic mass is 32.2. The second-order valence-electron chi connectivity index (χ2n) is 5.49. The molecule has 0 saturated carbocycles. The minimum absolute atomic E-state index is 0.115. The number of hydrogen-bond donors (Lipinski definition) is 1. The molecule has 4 atom stereocenters. The van der Waals surface area contributed by atoms with Crippen LogP contribution in [0.2, 0.25) is 0 Å². The minimum atomic E-state index is -0.290. The van der Waals surface area contributed by atoms with E-state index in [2.05, 4.69) is 19.2 Å². The van der Waals surface area contributed by atoms with E-state index in [-0.39, 0.29) is 11.9 Å². The van der Waals surface area contributed by atoms with Crippen LogP contribution >= 0.6 is 23.5 Å². The Morgan fingerprint density at radius 3 is 2.81 bits per heavy atom. The van der Waals surface area contributed by atoms with Gasteiger partial charge in [-0.15, -0.1) is 0 Å². The van der Waals surface area contributed by atoms with Gasteiger partial charge in [0.2, 0.25) is 0 Å². The Morgan fingerprint density at radius 1 is 1.33 bits per heavy atom. The summed E-state index contributed by atoms with van der Waals surface area (Å²) in [4.78, 5) is 0. The smallest absolute Gasteiger partial charge is 0.169 e. The first-order valence-electron chi connectivity index (χ1n) is 7.22. The predicted octanol–water partition coefficient (Wildman–Crippen LogP) is 4.46. The van der Waals surface area contributed by atoms with E-state index in [0.717, 1.165) is 16.9 Å². The zero-order chi connectivity index (χ0) is 15.0. The third-order valence-electron chi connectivity index (χ3n) is 4.08. The molecule has 0 radical (unpaired) electrons. The van der Waals surface area contributed by atoms with Gasteiger partial charge in [-0.2, -0.15) is 23.5 Å². The number of fused-ring (bicyclic) bond motifs is 1. The highest BCUT2D eigenvalue weighted by Crippen LogP contribution is 2.41. The van der Waals surface area contributed by atoms with Gasteiger partial charge < -0.3 is 9.73 Å². The molecule has 1 saturated heterocycles. The SMILES string of the molecule is CNC(c1cc2cccc(F)c2o1)C1CSC(C)C(C)S1. The van der Waals surface area contributed by atoms with Gasteiger partial charge in [0.05, 0.1) is 6.04 Å². The first-order valence-corrected chi connectivity index (χ1v) is 9.21. The lowest BCUT2D eigenvalue weighted by atomic mass is 10.1. The summed E-state index contributed by atoms with van der Waals surface area (Å²) in [6.45, 7) is 4.56. The molecular formula is C16H20FNOS2. The summed E-state index contributed by atoms with van der Waals surface area (Å²) in [5.41, 5.74) is 0.364. The van der Waals surface area contributed by atoms with E-state index in [1.54, 1.807) is 6.07 Å². The first-order chi connectivity index (χ1) is 10.1. The molecule has 1 fully saturated rings. The van der Waals surface area contributed by atoms with Crippen LogP contribution in [0.15, 0.2) is 28.7 Å². The lowest BCUT2D eigenvalue weighted by molar-refractivity contribution is 0.442. The molecule has 1 N–H and O–H groups in total. The Bertz CT molecular complexity index is 630. The van der Waals surface area contributed by atoms with E-state index < -0.39 is 0 Å². The van der Waals surface area contributed by atoms with Gasteiger partial charge in [0.1, 0.15) is 5.76 Å². The number of para-hydroxylation sites is 1. The molecule has 3 rings (SSSR count). The van der Waals surface area contributed by atoms with E-state index in [9.17, 15) is 4.39 Å². The maximum atomic E-state index is 13.8. The van der Waals surface area contributed by atoms with Gasteiger partial charge in [-0.3, -0.25) is 0 Å². The minimum Gasteiger partial charge on any atom is -0.456 e. The fraction of sp³-hybridized carbons (Fsp3) is 0.500. The number of furan rings is 1. The standard InChI is InChI=1S/C16H20FNOS2/c1-9-10(2)21-14(8-20-9)15(18-3)13-7-11-5-4-6-12(17)16(11)19-13/h4-7,9-10,14-15,18H,8H2,1-3H3. The molecule has 2 heterocycles. The Labute approximate surface area is 133 Å². The van der Waals surface area contributed by atoms with Gasteiger partial charge in [-0.25, -0.2) is 4.39 Å². The lowest BCUT2D eigenvalue weighted by Crippen LogP contribution is -2.35. The van der Waals surface area contributed by atoms with Crippen molar-refractivity contribution in [1.29, 1.82) is 0 Å². The maximum Gasteiger partial charge on any atom is 0.169 e. The van der Waals surface area contributed by atoms with Crippen LogP contribution in [0, 0.1) is 5.82 Å². The fourth-order valence-corrected chi connectivity index (χ4v) is 5.83. The topological polar surface area (TPSA) is 25.2 Å². The Hall–Kier alpha value is -0.650. The molecular weight excluding hydrogens is 305 g/mol. The fourth-order valence-electron chi connectivity index (χ4n) is 2.69. The molecule has 1 aromatic carbocycles. The van der Waals surface area contributed by atoms with Crippen LogP contribution in [0.25, 0.3) is 11.0 Å². The van der Waals surface area contributed by atoms with E-state index in [1.807, 2.05) is 42.7 Å². The molecule has 1 aliphatic heterocycles. The molecule has 0 bridgehead atoms. The molecule has 21 heavy (non-hydrogen) atoms. The predicted molar refractivity (Wildman–Crippen MR) is 90.7 cm³/mol. The summed E-state index contributed by atoms with van der Waals surface area (Å²) in [6, 6.07) is 7.14. The number of nitrogens with one attached hydrogen (secondary N) is 1. The number of thioether (sulfide) groups is 2. The van der Waals surface area contributed by atoms with Crippen LogP contribution in [0.5, 0.6) is 0 Å². The molecule has 2 aromatic rings. The summed E-state index contributed by atoms with van der Waals surface area (Å²) < 4.78 is 19.6. The molecule has 4 unspecified atom stereocenters. The molecule has 0 aliphatic carbocycles.